The third-order valence-corrected chi connectivity index (χ3v) is 4.57. The topological polar surface area (TPSA) is 73.2 Å². The van der Waals surface area contributed by atoms with Crippen molar-refractivity contribution in [3.8, 4) is 5.69 Å². The lowest BCUT2D eigenvalue weighted by atomic mass is 10.2. The van der Waals surface area contributed by atoms with Crippen LogP contribution < -0.4 is 5.32 Å². The first-order chi connectivity index (χ1) is 13.6. The van der Waals surface area contributed by atoms with Gasteiger partial charge in [0.2, 0.25) is 0 Å². The zero-order valence-corrected chi connectivity index (χ0v) is 15.6. The summed E-state index contributed by atoms with van der Waals surface area (Å²) in [5.74, 6) is -0.545. The van der Waals surface area contributed by atoms with Gasteiger partial charge in [-0.3, -0.25) is 4.79 Å². The highest BCUT2D eigenvalue weighted by Gasteiger charge is 2.29. The maximum Gasteiger partial charge on any atom is 0.357 e. The molecule has 1 fully saturated rings. The number of hydrogen-bond donors (Lipinski definition) is 1. The molecule has 1 aliphatic rings. The van der Waals surface area contributed by atoms with Gasteiger partial charge in [0, 0.05) is 11.6 Å². The second kappa shape index (κ2) is 7.68. The van der Waals surface area contributed by atoms with Crippen molar-refractivity contribution in [2.75, 3.05) is 11.9 Å². The normalized spacial score (nSPS) is 13.2. The number of ether oxygens (including phenoxy) is 1. The summed E-state index contributed by atoms with van der Waals surface area (Å²) >= 11 is 0. The first-order valence-corrected chi connectivity index (χ1v) is 9.29. The average Bonchev–Trinajstić information content (AvgIpc) is 3.45. The molecule has 28 heavy (non-hydrogen) atoms. The van der Waals surface area contributed by atoms with E-state index in [0.717, 1.165) is 29.8 Å². The number of hydrogen-bond acceptors (Lipinski definition) is 4. The summed E-state index contributed by atoms with van der Waals surface area (Å²) in [7, 11) is 0. The maximum atomic E-state index is 12.6. The predicted octanol–water partition coefficient (Wildman–Crippen LogP) is 3.85. The van der Waals surface area contributed by atoms with Crippen molar-refractivity contribution in [3.05, 3.63) is 77.6 Å². The van der Waals surface area contributed by atoms with Crippen LogP contribution in [0.25, 0.3) is 5.69 Å². The first-order valence-electron chi connectivity index (χ1n) is 9.29. The molecule has 1 saturated carbocycles. The Morgan fingerprint density at radius 3 is 2.61 bits per heavy atom. The van der Waals surface area contributed by atoms with E-state index in [1.807, 2.05) is 55.5 Å². The summed E-state index contributed by atoms with van der Waals surface area (Å²) in [6.45, 7) is 1.59. The molecular formula is C22H21N3O3. The zero-order chi connectivity index (χ0) is 19.5. The van der Waals surface area contributed by atoms with Gasteiger partial charge in [-0.1, -0.05) is 30.3 Å². The molecule has 142 valence electrons. The van der Waals surface area contributed by atoms with E-state index >= 15 is 0 Å². The van der Waals surface area contributed by atoms with Gasteiger partial charge in [0.05, 0.1) is 11.4 Å². The van der Waals surface area contributed by atoms with Crippen molar-refractivity contribution in [3.63, 3.8) is 0 Å². The number of nitrogens with one attached hydrogen (secondary N) is 1. The molecule has 1 heterocycles. The van der Waals surface area contributed by atoms with Gasteiger partial charge in [-0.25, -0.2) is 9.48 Å². The van der Waals surface area contributed by atoms with Crippen molar-refractivity contribution in [2.24, 2.45) is 0 Å². The van der Waals surface area contributed by atoms with E-state index in [9.17, 15) is 9.59 Å². The monoisotopic (exact) mass is 375 g/mol. The van der Waals surface area contributed by atoms with Gasteiger partial charge in [-0.15, -0.1) is 0 Å². The Labute approximate surface area is 163 Å². The predicted molar refractivity (Wildman–Crippen MR) is 106 cm³/mol. The van der Waals surface area contributed by atoms with Crippen LogP contribution in [0, 0.1) is 6.92 Å². The molecule has 0 bridgehead atoms. The Bertz CT molecular complexity index is 1010. The van der Waals surface area contributed by atoms with Crippen molar-refractivity contribution in [1.29, 1.82) is 0 Å². The van der Waals surface area contributed by atoms with E-state index in [2.05, 4.69) is 10.4 Å². The van der Waals surface area contributed by atoms with Crippen LogP contribution >= 0.6 is 0 Å². The van der Waals surface area contributed by atoms with Crippen LogP contribution in [0.15, 0.2) is 60.7 Å². The van der Waals surface area contributed by atoms with Crippen molar-refractivity contribution in [1.82, 2.24) is 9.78 Å². The van der Waals surface area contributed by atoms with Crippen LogP contribution in [0.5, 0.6) is 0 Å². The molecule has 4 rings (SSSR count). The molecule has 2 aromatic carbocycles. The highest BCUT2D eigenvalue weighted by molar-refractivity contribution is 5.95. The number of carbonyl (C=O) groups excluding carboxylic acids is 2. The van der Waals surface area contributed by atoms with Crippen LogP contribution in [0.1, 0.15) is 40.5 Å². The van der Waals surface area contributed by atoms with Crippen LogP contribution in [-0.2, 0) is 9.53 Å². The molecule has 0 aliphatic heterocycles. The molecule has 0 radical (unpaired) electrons. The number of esters is 1. The van der Waals surface area contributed by atoms with Crippen LogP contribution in [0.4, 0.5) is 5.69 Å². The molecule has 6 nitrogen and oxygen atoms in total. The number of benzene rings is 2. The summed E-state index contributed by atoms with van der Waals surface area (Å²) < 4.78 is 6.85. The van der Waals surface area contributed by atoms with Crippen molar-refractivity contribution >= 4 is 17.6 Å². The van der Waals surface area contributed by atoms with Crippen LogP contribution in [-0.4, -0.2) is 28.3 Å². The van der Waals surface area contributed by atoms with E-state index in [1.54, 1.807) is 16.8 Å². The van der Waals surface area contributed by atoms with Gasteiger partial charge in [0.1, 0.15) is 0 Å². The van der Waals surface area contributed by atoms with Crippen LogP contribution in [0.3, 0.4) is 0 Å². The summed E-state index contributed by atoms with van der Waals surface area (Å²) in [6.07, 6.45) is 2.17. The van der Waals surface area contributed by atoms with Crippen molar-refractivity contribution < 1.29 is 14.3 Å². The fourth-order valence-electron chi connectivity index (χ4n) is 3.01. The number of nitrogens with zero attached hydrogens (tertiary/aromatic N) is 2. The Balaban J connectivity index is 1.46. The average molecular weight is 375 g/mol. The lowest BCUT2D eigenvalue weighted by molar-refractivity contribution is -0.119. The fraction of sp³-hybridized carbons (Fsp3) is 0.227. The Hall–Kier alpha value is -3.41. The summed E-state index contributed by atoms with van der Waals surface area (Å²) in [4.78, 5) is 24.8. The number of amides is 1. The molecule has 1 aliphatic carbocycles. The van der Waals surface area contributed by atoms with Gasteiger partial charge in [0.25, 0.3) is 5.91 Å². The minimum absolute atomic E-state index is 0.330. The van der Waals surface area contributed by atoms with Gasteiger partial charge in [-0.2, -0.15) is 5.10 Å². The summed E-state index contributed by atoms with van der Waals surface area (Å²) in [5.41, 5.74) is 3.71. The molecule has 1 aromatic heterocycles. The standard InChI is InChI=1S/C22H21N3O3/c1-15-6-5-7-17(12-15)23-21(26)14-28-22(27)20-13-19(16-10-11-16)24-25(20)18-8-3-2-4-9-18/h2-9,12-13,16H,10-11,14H2,1H3,(H,23,26). The second-order valence-corrected chi connectivity index (χ2v) is 6.97. The Kier molecular flexibility index (Phi) is 4.93. The molecule has 6 heteroatoms. The van der Waals surface area contributed by atoms with Gasteiger partial charge in [-0.05, 0) is 55.7 Å². The fourth-order valence-corrected chi connectivity index (χ4v) is 3.01. The second-order valence-electron chi connectivity index (χ2n) is 6.97. The highest BCUT2D eigenvalue weighted by atomic mass is 16.5. The molecule has 0 spiro atoms. The molecule has 3 aromatic rings. The molecule has 1 amide bonds. The van der Waals surface area contributed by atoms with Crippen LogP contribution in [0.2, 0.25) is 0 Å². The number of carbonyl (C=O) groups is 2. The molecule has 0 atom stereocenters. The van der Waals surface area contributed by atoms with E-state index in [4.69, 9.17) is 4.74 Å². The minimum atomic E-state index is -0.567. The molecule has 0 saturated heterocycles. The maximum absolute atomic E-state index is 12.6. The third-order valence-electron chi connectivity index (χ3n) is 4.57. The molecule has 0 unspecified atom stereocenters. The highest BCUT2D eigenvalue weighted by Crippen LogP contribution is 2.39. The van der Waals surface area contributed by atoms with E-state index in [1.165, 1.54) is 0 Å². The lowest BCUT2D eigenvalue weighted by Crippen LogP contribution is -2.22. The quantitative estimate of drug-likeness (QED) is 0.664. The number of anilines is 1. The van der Waals surface area contributed by atoms with Crippen molar-refractivity contribution in [2.45, 2.75) is 25.7 Å². The first kappa shape index (κ1) is 18.0. The summed E-state index contributed by atoms with van der Waals surface area (Å²) in [5, 5.41) is 7.31. The van der Waals surface area contributed by atoms with E-state index in [-0.39, 0.29) is 12.5 Å². The number of aryl methyl sites for hydroxylation is 1. The molecule has 1 N–H and O–H groups in total. The summed E-state index contributed by atoms with van der Waals surface area (Å²) in [6, 6.07) is 18.7. The van der Waals surface area contributed by atoms with E-state index in [0.29, 0.717) is 17.3 Å². The Morgan fingerprint density at radius 2 is 1.89 bits per heavy atom. The minimum Gasteiger partial charge on any atom is -0.451 e. The number of para-hydroxylation sites is 1. The van der Waals surface area contributed by atoms with Gasteiger partial charge in [0.15, 0.2) is 12.3 Å². The number of rotatable bonds is 6. The Morgan fingerprint density at radius 1 is 1.11 bits per heavy atom. The van der Waals surface area contributed by atoms with Gasteiger partial charge < -0.3 is 10.1 Å². The SMILES string of the molecule is Cc1cccc(NC(=O)COC(=O)c2cc(C3CC3)nn2-c2ccccc2)c1. The van der Waals surface area contributed by atoms with Gasteiger partial charge >= 0.3 is 5.97 Å². The molecular weight excluding hydrogens is 354 g/mol. The largest absolute Gasteiger partial charge is 0.451 e. The third kappa shape index (κ3) is 4.11. The smallest absolute Gasteiger partial charge is 0.357 e. The van der Waals surface area contributed by atoms with E-state index < -0.39 is 5.97 Å². The number of aromatic nitrogens is 2. The zero-order valence-electron chi connectivity index (χ0n) is 15.6. The lowest BCUT2D eigenvalue weighted by Gasteiger charge is -2.09.